The smallest absolute Gasteiger partial charge is 0.226 e. The highest BCUT2D eigenvalue weighted by Gasteiger charge is 2.33. The Kier molecular flexibility index (Phi) is 6.33. The molecule has 2 aliphatic heterocycles. The van der Waals surface area contributed by atoms with Crippen LogP contribution in [0.25, 0.3) is 0 Å². The molecule has 1 aromatic carbocycles. The van der Waals surface area contributed by atoms with Crippen LogP contribution in [0, 0.1) is 11.8 Å². The van der Waals surface area contributed by atoms with Gasteiger partial charge in [-0.2, -0.15) is 0 Å². The molecule has 6 nitrogen and oxygen atoms in total. The summed E-state index contributed by atoms with van der Waals surface area (Å²) in [5.74, 6) is 1.67. The number of rotatable bonds is 5. The number of hydrogen-bond donors (Lipinski definition) is 3. The Hall–Kier alpha value is -2.15. The molecule has 3 N–H and O–H groups in total. The molecule has 0 saturated carbocycles. The maximum absolute atomic E-state index is 12.8. The quantitative estimate of drug-likeness (QED) is 0.702. The summed E-state index contributed by atoms with van der Waals surface area (Å²) in [7, 11) is 0. The molecule has 4 rings (SSSR count). The van der Waals surface area contributed by atoms with Gasteiger partial charge in [-0.25, -0.2) is 10.4 Å². The van der Waals surface area contributed by atoms with Gasteiger partial charge < -0.3 is 10.2 Å². The average Bonchev–Trinajstić information content (AvgIpc) is 3.23. The Balaban J connectivity index is 1.32. The first-order chi connectivity index (χ1) is 14.1. The molecule has 2 atom stereocenters. The molecule has 2 aliphatic rings. The molecule has 2 unspecified atom stereocenters. The summed E-state index contributed by atoms with van der Waals surface area (Å²) in [6.45, 7) is 5.51. The third-order valence-corrected chi connectivity index (χ3v) is 6.18. The maximum atomic E-state index is 12.8. The maximum Gasteiger partial charge on any atom is 0.226 e. The van der Waals surface area contributed by atoms with Crippen molar-refractivity contribution in [1.82, 2.24) is 21.2 Å². The highest BCUT2D eigenvalue weighted by atomic mass is 35.5. The molecular weight excluding hydrogens is 386 g/mol. The second-order valence-corrected chi connectivity index (χ2v) is 8.51. The highest BCUT2D eigenvalue weighted by molar-refractivity contribution is 6.30. The van der Waals surface area contributed by atoms with E-state index in [1.54, 1.807) is 0 Å². The zero-order chi connectivity index (χ0) is 20.2. The molecule has 2 fully saturated rings. The van der Waals surface area contributed by atoms with Crippen molar-refractivity contribution in [2.75, 3.05) is 24.5 Å². The van der Waals surface area contributed by atoms with E-state index in [4.69, 9.17) is 11.6 Å². The van der Waals surface area contributed by atoms with Crippen molar-refractivity contribution >= 4 is 23.3 Å². The lowest BCUT2D eigenvalue weighted by Gasteiger charge is -2.31. The minimum atomic E-state index is -0.182. The van der Waals surface area contributed by atoms with Crippen LogP contribution >= 0.6 is 11.6 Å². The van der Waals surface area contributed by atoms with E-state index in [-0.39, 0.29) is 17.9 Å². The standard InChI is InChI=1S/C22H28ClN5O/c1-15-8-10-28(11-9-15)20-7-2-16(12-24-20)13-25-22(29)19-14-26-27-21(19)17-3-5-18(23)6-4-17/h2-7,12,15,19,21,26-27H,8-11,13-14H2,1H3,(H,25,29). The van der Waals surface area contributed by atoms with Gasteiger partial charge in [0.1, 0.15) is 5.82 Å². The summed E-state index contributed by atoms with van der Waals surface area (Å²) in [6.07, 6.45) is 4.31. The van der Waals surface area contributed by atoms with Gasteiger partial charge in [0.15, 0.2) is 0 Å². The predicted octanol–water partition coefficient (Wildman–Crippen LogP) is 3.05. The van der Waals surface area contributed by atoms with Crippen molar-refractivity contribution in [3.63, 3.8) is 0 Å². The van der Waals surface area contributed by atoms with Gasteiger partial charge in [0, 0.05) is 37.4 Å². The van der Waals surface area contributed by atoms with Crippen LogP contribution in [-0.2, 0) is 11.3 Å². The Morgan fingerprint density at radius 2 is 1.97 bits per heavy atom. The fraction of sp³-hybridized carbons (Fsp3) is 0.455. The second-order valence-electron chi connectivity index (χ2n) is 8.07. The lowest BCUT2D eigenvalue weighted by Crippen LogP contribution is -2.35. The Morgan fingerprint density at radius 3 is 2.66 bits per heavy atom. The largest absolute Gasteiger partial charge is 0.357 e. The number of aromatic nitrogens is 1. The monoisotopic (exact) mass is 413 g/mol. The third kappa shape index (κ3) is 4.89. The number of pyridine rings is 1. The lowest BCUT2D eigenvalue weighted by atomic mass is 9.94. The second kappa shape index (κ2) is 9.11. The van der Waals surface area contributed by atoms with E-state index in [9.17, 15) is 4.79 Å². The molecule has 1 aromatic heterocycles. The minimum absolute atomic E-state index is 0.0246. The summed E-state index contributed by atoms with van der Waals surface area (Å²) >= 11 is 5.98. The van der Waals surface area contributed by atoms with Gasteiger partial charge in [-0.3, -0.25) is 10.2 Å². The fourth-order valence-corrected chi connectivity index (χ4v) is 4.12. The Labute approximate surface area is 177 Å². The average molecular weight is 414 g/mol. The van der Waals surface area contributed by atoms with E-state index >= 15 is 0 Å². The Morgan fingerprint density at radius 1 is 1.21 bits per heavy atom. The van der Waals surface area contributed by atoms with Crippen molar-refractivity contribution < 1.29 is 4.79 Å². The topological polar surface area (TPSA) is 69.3 Å². The number of anilines is 1. The zero-order valence-corrected chi connectivity index (χ0v) is 17.5. The van der Waals surface area contributed by atoms with Gasteiger partial charge >= 0.3 is 0 Å². The van der Waals surface area contributed by atoms with E-state index in [2.05, 4.69) is 45.1 Å². The van der Waals surface area contributed by atoms with Crippen LogP contribution in [0.1, 0.15) is 36.9 Å². The normalized spacial score (nSPS) is 22.6. The predicted molar refractivity (Wildman–Crippen MR) is 116 cm³/mol. The minimum Gasteiger partial charge on any atom is -0.357 e. The lowest BCUT2D eigenvalue weighted by molar-refractivity contribution is -0.125. The fourth-order valence-electron chi connectivity index (χ4n) is 3.99. The third-order valence-electron chi connectivity index (χ3n) is 5.93. The van der Waals surface area contributed by atoms with Gasteiger partial charge in [-0.15, -0.1) is 0 Å². The van der Waals surface area contributed by atoms with E-state index in [1.165, 1.54) is 12.8 Å². The SMILES string of the molecule is CC1CCN(c2ccc(CNC(=O)C3CNNC3c3ccc(Cl)cc3)cn2)CC1. The van der Waals surface area contributed by atoms with Gasteiger partial charge in [0.2, 0.25) is 5.91 Å². The van der Waals surface area contributed by atoms with E-state index < -0.39 is 0 Å². The number of carbonyl (C=O) groups excluding carboxylic acids is 1. The Bertz CT molecular complexity index is 818. The molecule has 1 amide bonds. The first-order valence-electron chi connectivity index (χ1n) is 10.3. The molecule has 0 aliphatic carbocycles. The van der Waals surface area contributed by atoms with Crippen LogP contribution in [0.2, 0.25) is 5.02 Å². The molecule has 0 spiro atoms. The van der Waals surface area contributed by atoms with Crippen molar-refractivity contribution in [3.8, 4) is 0 Å². The molecule has 154 valence electrons. The van der Waals surface area contributed by atoms with Crippen molar-refractivity contribution in [1.29, 1.82) is 0 Å². The van der Waals surface area contributed by atoms with Crippen LogP contribution in [0.4, 0.5) is 5.82 Å². The van der Waals surface area contributed by atoms with Crippen LogP contribution in [0.5, 0.6) is 0 Å². The van der Waals surface area contributed by atoms with E-state index in [0.29, 0.717) is 18.1 Å². The van der Waals surface area contributed by atoms with Gasteiger partial charge in [-0.05, 0) is 48.1 Å². The zero-order valence-electron chi connectivity index (χ0n) is 16.7. The summed E-state index contributed by atoms with van der Waals surface area (Å²) < 4.78 is 0. The molecule has 29 heavy (non-hydrogen) atoms. The number of hydrazine groups is 1. The number of carbonyl (C=O) groups is 1. The first kappa shape index (κ1) is 20.1. The summed E-state index contributed by atoms with van der Waals surface area (Å²) in [5.41, 5.74) is 8.35. The number of hydrogen-bond acceptors (Lipinski definition) is 5. The van der Waals surface area contributed by atoms with Crippen molar-refractivity contribution in [2.24, 2.45) is 11.8 Å². The van der Waals surface area contributed by atoms with Crippen molar-refractivity contribution in [2.45, 2.75) is 32.4 Å². The molecular formula is C22H28ClN5O. The number of amides is 1. The van der Waals surface area contributed by atoms with Gasteiger partial charge in [-0.1, -0.05) is 36.7 Å². The molecule has 7 heteroatoms. The molecule has 0 radical (unpaired) electrons. The highest BCUT2D eigenvalue weighted by Crippen LogP contribution is 2.26. The molecule has 3 heterocycles. The summed E-state index contributed by atoms with van der Waals surface area (Å²) in [4.78, 5) is 19.7. The molecule has 2 aromatic rings. The number of nitrogens with zero attached hydrogens (tertiary/aromatic N) is 2. The number of nitrogens with one attached hydrogen (secondary N) is 3. The van der Waals surface area contributed by atoms with Gasteiger partial charge in [0.25, 0.3) is 0 Å². The van der Waals surface area contributed by atoms with Crippen LogP contribution in [-0.4, -0.2) is 30.5 Å². The molecule has 2 saturated heterocycles. The van der Waals surface area contributed by atoms with Crippen LogP contribution in [0.15, 0.2) is 42.6 Å². The van der Waals surface area contributed by atoms with E-state index in [1.807, 2.05) is 30.5 Å². The number of halogens is 1. The van der Waals surface area contributed by atoms with Crippen LogP contribution < -0.4 is 21.1 Å². The van der Waals surface area contributed by atoms with E-state index in [0.717, 1.165) is 36.0 Å². The summed E-state index contributed by atoms with van der Waals surface area (Å²) in [6, 6.07) is 11.7. The first-order valence-corrected chi connectivity index (χ1v) is 10.7. The van der Waals surface area contributed by atoms with Crippen molar-refractivity contribution in [3.05, 3.63) is 58.7 Å². The molecule has 0 bridgehead atoms. The van der Waals surface area contributed by atoms with Gasteiger partial charge in [0.05, 0.1) is 12.0 Å². The number of piperidine rings is 1. The summed E-state index contributed by atoms with van der Waals surface area (Å²) in [5, 5.41) is 3.75. The number of benzene rings is 1. The van der Waals surface area contributed by atoms with Crippen LogP contribution in [0.3, 0.4) is 0 Å².